The second-order valence-corrected chi connectivity index (χ2v) is 6.35. The van der Waals surface area contributed by atoms with Crippen LogP contribution in [0, 0.1) is 5.92 Å². The molecule has 1 aliphatic rings. The average molecular weight is 409 g/mol. The molecule has 1 aromatic heterocycles. The van der Waals surface area contributed by atoms with Crippen molar-refractivity contribution in [1.29, 1.82) is 0 Å². The van der Waals surface area contributed by atoms with Crippen LogP contribution < -0.4 is 10.6 Å². The van der Waals surface area contributed by atoms with Crippen LogP contribution in [0.1, 0.15) is 32.3 Å². The van der Waals surface area contributed by atoms with E-state index in [2.05, 4.69) is 10.3 Å². The number of amides is 2. The van der Waals surface area contributed by atoms with Gasteiger partial charge in [0.25, 0.3) is 0 Å². The molecule has 1 saturated heterocycles. The summed E-state index contributed by atoms with van der Waals surface area (Å²) in [6, 6.07) is 4.20. The normalized spacial score (nSPS) is 24.3. The number of benzene rings is 1. The molecule has 2 aromatic rings. The summed E-state index contributed by atoms with van der Waals surface area (Å²) in [6.07, 6.45) is -3.03. The predicted molar refractivity (Wildman–Crippen MR) is 90.9 cm³/mol. The summed E-state index contributed by atoms with van der Waals surface area (Å²) in [4.78, 5) is 39.5. The van der Waals surface area contributed by atoms with Gasteiger partial charge in [-0.05, 0) is 29.8 Å². The monoisotopic (exact) mass is 409 g/mol. The van der Waals surface area contributed by atoms with Gasteiger partial charge in [0.15, 0.2) is 5.78 Å². The van der Waals surface area contributed by atoms with Crippen molar-refractivity contribution < 1.29 is 37.8 Å². The van der Waals surface area contributed by atoms with E-state index in [-0.39, 0.29) is 16.7 Å². The number of halogens is 3. The number of nitrogens with zero attached hydrogens (tertiary/aromatic N) is 1. The Balaban J connectivity index is 2.14. The summed E-state index contributed by atoms with van der Waals surface area (Å²) in [5.74, 6) is -4.58. The number of carbonyl (C=O) groups is 3. The first kappa shape index (κ1) is 20.3. The van der Waals surface area contributed by atoms with Gasteiger partial charge in [0.1, 0.15) is 5.92 Å². The number of carboxylic acids is 1. The fourth-order valence-corrected chi connectivity index (χ4v) is 3.14. The second kappa shape index (κ2) is 7.17. The van der Waals surface area contributed by atoms with Crippen LogP contribution in [0.25, 0.3) is 0 Å². The van der Waals surface area contributed by atoms with Crippen LogP contribution >= 0.6 is 0 Å². The van der Waals surface area contributed by atoms with E-state index in [1.165, 1.54) is 35.8 Å². The summed E-state index contributed by atoms with van der Waals surface area (Å²) in [7, 11) is 0. The quantitative estimate of drug-likeness (QED) is 0.571. The SMILES string of the molecule is O=C1N[C@@H](c2ccc(C(=O)O)cc2)[C@@H](C(=O)c2cccnc2)[C@](O)(C(F)(F)F)N1. The molecule has 2 amide bonds. The van der Waals surface area contributed by atoms with E-state index >= 15 is 0 Å². The number of rotatable bonds is 4. The third-order valence-corrected chi connectivity index (χ3v) is 4.55. The Morgan fingerprint density at radius 2 is 1.76 bits per heavy atom. The zero-order valence-corrected chi connectivity index (χ0v) is 14.5. The summed E-state index contributed by atoms with van der Waals surface area (Å²) in [5, 5.41) is 23.0. The van der Waals surface area contributed by atoms with E-state index in [1.807, 2.05) is 0 Å². The molecule has 0 unspecified atom stereocenters. The van der Waals surface area contributed by atoms with E-state index in [4.69, 9.17) is 5.11 Å². The van der Waals surface area contributed by atoms with Crippen molar-refractivity contribution in [1.82, 2.24) is 15.6 Å². The van der Waals surface area contributed by atoms with Gasteiger partial charge in [-0.25, -0.2) is 9.59 Å². The Bertz CT molecular complexity index is 949. The number of carboxylic acid groups (broad SMARTS) is 1. The molecule has 152 valence electrons. The Kier molecular flexibility index (Phi) is 5.01. The van der Waals surface area contributed by atoms with Crippen molar-refractivity contribution in [2.75, 3.05) is 0 Å². The minimum absolute atomic E-state index is 0.00904. The molecule has 0 saturated carbocycles. The molecule has 1 aromatic carbocycles. The third-order valence-electron chi connectivity index (χ3n) is 4.55. The van der Waals surface area contributed by atoms with Crippen LogP contribution in [0.15, 0.2) is 48.8 Å². The lowest BCUT2D eigenvalue weighted by molar-refractivity contribution is -0.287. The minimum atomic E-state index is -5.38. The molecule has 0 bridgehead atoms. The highest BCUT2D eigenvalue weighted by molar-refractivity contribution is 6.00. The van der Waals surface area contributed by atoms with Crippen LogP contribution in [0.5, 0.6) is 0 Å². The number of Topliss-reactive ketones (excluding diaryl/α,β-unsaturated/α-hetero) is 1. The number of aliphatic hydroxyl groups is 1. The lowest BCUT2D eigenvalue weighted by Crippen LogP contribution is -2.72. The van der Waals surface area contributed by atoms with E-state index < -0.39 is 41.6 Å². The summed E-state index contributed by atoms with van der Waals surface area (Å²) in [5.41, 5.74) is -4.20. The Labute approximate surface area is 161 Å². The third kappa shape index (κ3) is 3.63. The number of hydrogen-bond donors (Lipinski definition) is 4. The van der Waals surface area contributed by atoms with Gasteiger partial charge in [0, 0.05) is 18.0 Å². The number of alkyl halides is 3. The lowest BCUT2D eigenvalue weighted by atomic mass is 9.77. The van der Waals surface area contributed by atoms with Gasteiger partial charge < -0.3 is 20.8 Å². The maximum absolute atomic E-state index is 13.7. The number of urea groups is 1. The molecule has 1 fully saturated rings. The van der Waals surface area contributed by atoms with Crippen LogP contribution in [0.4, 0.5) is 18.0 Å². The van der Waals surface area contributed by atoms with E-state index in [9.17, 15) is 32.7 Å². The number of hydrogen-bond acceptors (Lipinski definition) is 5. The molecule has 0 radical (unpaired) electrons. The van der Waals surface area contributed by atoms with Crippen molar-refractivity contribution in [3.8, 4) is 0 Å². The van der Waals surface area contributed by atoms with Crippen molar-refractivity contribution in [2.45, 2.75) is 17.9 Å². The molecule has 1 aliphatic heterocycles. The first-order chi connectivity index (χ1) is 13.5. The molecule has 2 heterocycles. The van der Waals surface area contributed by atoms with Crippen molar-refractivity contribution in [3.63, 3.8) is 0 Å². The molecule has 8 nitrogen and oxygen atoms in total. The number of pyridine rings is 1. The predicted octanol–water partition coefficient (Wildman–Crippen LogP) is 1.88. The highest BCUT2D eigenvalue weighted by Gasteiger charge is 2.66. The molecular weight excluding hydrogens is 395 g/mol. The van der Waals surface area contributed by atoms with Crippen LogP contribution in [0.2, 0.25) is 0 Å². The standard InChI is InChI=1S/C18H14F3N3O5/c19-18(20,21)17(29)12(14(25)11-2-1-7-22-8-11)13(23-16(28)24-17)9-3-5-10(6-4-9)15(26)27/h1-8,12-13,29H,(H,26,27)(H2,23,24,28)/t12-,13-,17-/m0/s1. The van der Waals surface area contributed by atoms with Crippen molar-refractivity contribution >= 4 is 17.8 Å². The van der Waals surface area contributed by atoms with Gasteiger partial charge in [-0.1, -0.05) is 12.1 Å². The number of aromatic carboxylic acids is 1. The topological polar surface area (TPSA) is 129 Å². The summed E-state index contributed by atoms with van der Waals surface area (Å²) in [6.45, 7) is 0. The van der Waals surface area contributed by atoms with Crippen LogP contribution in [-0.4, -0.2) is 44.9 Å². The summed E-state index contributed by atoms with van der Waals surface area (Å²) < 4.78 is 41.2. The minimum Gasteiger partial charge on any atom is -0.478 e. The number of ketones is 1. The number of nitrogens with one attached hydrogen (secondary N) is 2. The zero-order chi connectivity index (χ0) is 21.4. The largest absolute Gasteiger partial charge is 0.478 e. The van der Waals surface area contributed by atoms with Gasteiger partial charge in [-0.2, -0.15) is 13.2 Å². The fourth-order valence-electron chi connectivity index (χ4n) is 3.14. The second-order valence-electron chi connectivity index (χ2n) is 6.35. The Morgan fingerprint density at radius 3 is 2.28 bits per heavy atom. The van der Waals surface area contributed by atoms with E-state index in [0.717, 1.165) is 18.3 Å². The molecule has 3 rings (SSSR count). The molecule has 29 heavy (non-hydrogen) atoms. The molecule has 3 atom stereocenters. The molecular formula is C18H14F3N3O5. The summed E-state index contributed by atoms with van der Waals surface area (Å²) >= 11 is 0. The average Bonchev–Trinajstić information content (AvgIpc) is 2.67. The first-order valence-corrected chi connectivity index (χ1v) is 8.20. The van der Waals surface area contributed by atoms with Gasteiger partial charge >= 0.3 is 18.2 Å². The Morgan fingerprint density at radius 1 is 1.10 bits per heavy atom. The number of carbonyl (C=O) groups excluding carboxylic acids is 2. The Hall–Kier alpha value is -3.47. The maximum Gasteiger partial charge on any atom is 0.437 e. The van der Waals surface area contributed by atoms with Crippen molar-refractivity contribution in [3.05, 3.63) is 65.5 Å². The van der Waals surface area contributed by atoms with Crippen molar-refractivity contribution in [2.24, 2.45) is 5.92 Å². The highest BCUT2D eigenvalue weighted by atomic mass is 19.4. The highest BCUT2D eigenvalue weighted by Crippen LogP contribution is 2.43. The lowest BCUT2D eigenvalue weighted by Gasteiger charge is -2.45. The molecule has 11 heteroatoms. The van der Waals surface area contributed by atoms with Crippen LogP contribution in [0.3, 0.4) is 0 Å². The van der Waals surface area contributed by atoms with Gasteiger partial charge in [-0.3, -0.25) is 9.78 Å². The van der Waals surface area contributed by atoms with Crippen LogP contribution in [-0.2, 0) is 0 Å². The van der Waals surface area contributed by atoms with Gasteiger partial charge in [0.2, 0.25) is 5.72 Å². The zero-order valence-electron chi connectivity index (χ0n) is 14.5. The number of aromatic nitrogens is 1. The molecule has 4 N–H and O–H groups in total. The van der Waals surface area contributed by atoms with Gasteiger partial charge in [0.05, 0.1) is 11.6 Å². The van der Waals surface area contributed by atoms with E-state index in [1.54, 1.807) is 0 Å². The fraction of sp³-hybridized carbons (Fsp3) is 0.222. The molecule has 0 spiro atoms. The van der Waals surface area contributed by atoms with Gasteiger partial charge in [-0.15, -0.1) is 0 Å². The maximum atomic E-state index is 13.7. The first-order valence-electron chi connectivity index (χ1n) is 8.20. The molecule has 0 aliphatic carbocycles. The smallest absolute Gasteiger partial charge is 0.437 e. The van der Waals surface area contributed by atoms with E-state index in [0.29, 0.717) is 0 Å².